The number of rotatable bonds is 5. The summed E-state index contributed by atoms with van der Waals surface area (Å²) in [6.07, 6.45) is 3.39. The summed E-state index contributed by atoms with van der Waals surface area (Å²) in [4.78, 5) is 12.8. The summed E-state index contributed by atoms with van der Waals surface area (Å²) in [5.74, 6) is 0.472. The third-order valence-corrected chi connectivity index (χ3v) is 6.50. The maximum Gasteiger partial charge on any atom is 0.248 e. The molecule has 0 unspecified atom stereocenters. The number of carbonyl (C=O) groups excluding carboxylic acids is 1. The fraction of sp³-hybridized carbons (Fsp3) is 0.129. The Labute approximate surface area is 204 Å². The van der Waals surface area contributed by atoms with Gasteiger partial charge in [-0.2, -0.15) is 0 Å². The molecule has 174 valence electrons. The van der Waals surface area contributed by atoms with E-state index in [0.29, 0.717) is 5.75 Å². The van der Waals surface area contributed by atoms with Crippen molar-refractivity contribution < 1.29 is 13.9 Å². The van der Waals surface area contributed by atoms with E-state index in [1.54, 1.807) is 19.4 Å². The Morgan fingerprint density at radius 2 is 1.71 bits per heavy atom. The first-order chi connectivity index (χ1) is 16.9. The minimum Gasteiger partial charge on any atom is -0.496 e. The van der Waals surface area contributed by atoms with Gasteiger partial charge >= 0.3 is 0 Å². The fourth-order valence-corrected chi connectivity index (χ4v) is 4.38. The number of anilines is 1. The summed E-state index contributed by atoms with van der Waals surface area (Å²) < 4.78 is 11.5. The van der Waals surface area contributed by atoms with Gasteiger partial charge in [-0.1, -0.05) is 42.5 Å². The van der Waals surface area contributed by atoms with Crippen LogP contribution in [-0.4, -0.2) is 13.0 Å². The number of fused-ring (bicyclic) bond motifs is 2. The highest BCUT2D eigenvalue weighted by molar-refractivity contribution is 6.05. The predicted octanol–water partition coefficient (Wildman–Crippen LogP) is 7.92. The molecule has 0 atom stereocenters. The van der Waals surface area contributed by atoms with Gasteiger partial charge in [0.05, 0.1) is 13.4 Å². The summed E-state index contributed by atoms with van der Waals surface area (Å²) in [6, 6.07) is 24.5. The molecule has 0 saturated carbocycles. The first-order valence-corrected chi connectivity index (χ1v) is 11.6. The van der Waals surface area contributed by atoms with Crippen LogP contribution in [0, 0.1) is 13.8 Å². The third-order valence-electron chi connectivity index (χ3n) is 6.50. The zero-order valence-electron chi connectivity index (χ0n) is 20.3. The second-order valence-corrected chi connectivity index (χ2v) is 8.88. The lowest BCUT2D eigenvalue weighted by Crippen LogP contribution is -2.09. The van der Waals surface area contributed by atoms with Gasteiger partial charge in [-0.15, -0.1) is 0 Å². The molecule has 4 nitrogen and oxygen atoms in total. The first kappa shape index (κ1) is 22.5. The molecule has 0 aliphatic heterocycles. The van der Waals surface area contributed by atoms with Crippen molar-refractivity contribution in [2.24, 2.45) is 0 Å². The maximum absolute atomic E-state index is 12.8. The number of methoxy groups -OCH3 is 1. The highest BCUT2D eigenvalue weighted by atomic mass is 16.5. The lowest BCUT2D eigenvalue weighted by Gasteiger charge is -2.11. The van der Waals surface area contributed by atoms with Gasteiger partial charge in [0, 0.05) is 34.3 Å². The molecule has 1 amide bonds. The van der Waals surface area contributed by atoms with Gasteiger partial charge in [-0.3, -0.25) is 4.79 Å². The molecule has 0 fully saturated rings. The van der Waals surface area contributed by atoms with Crippen molar-refractivity contribution >= 4 is 38.9 Å². The molecule has 4 aromatic carbocycles. The average Bonchev–Trinajstić information content (AvgIpc) is 3.28. The molecule has 0 spiro atoms. The Morgan fingerprint density at radius 3 is 2.49 bits per heavy atom. The van der Waals surface area contributed by atoms with Crippen molar-refractivity contribution in [3.63, 3.8) is 0 Å². The van der Waals surface area contributed by atoms with Crippen LogP contribution in [0.2, 0.25) is 0 Å². The second-order valence-electron chi connectivity index (χ2n) is 8.88. The number of allylic oxidation sites excluding steroid dienone is 1. The highest BCUT2D eigenvalue weighted by Crippen LogP contribution is 2.38. The van der Waals surface area contributed by atoms with Gasteiger partial charge in [0.2, 0.25) is 5.91 Å². The number of amides is 1. The van der Waals surface area contributed by atoms with E-state index in [0.717, 1.165) is 44.5 Å². The van der Waals surface area contributed by atoms with Crippen LogP contribution in [0.15, 0.2) is 89.6 Å². The van der Waals surface area contributed by atoms with Gasteiger partial charge in [0.1, 0.15) is 11.3 Å². The average molecular weight is 462 g/mol. The monoisotopic (exact) mass is 461 g/mol. The van der Waals surface area contributed by atoms with Crippen molar-refractivity contribution in [1.29, 1.82) is 0 Å². The number of nitrogens with one attached hydrogen (secondary N) is 1. The SMILES string of the molecule is COc1cc2occ(-c3ccc4ccccc4c3)c2cc1/C(C)=C/C(=O)Nc1ccc(C)c(C)c1. The quantitative estimate of drug-likeness (QED) is 0.270. The smallest absolute Gasteiger partial charge is 0.248 e. The van der Waals surface area contributed by atoms with Crippen LogP contribution in [-0.2, 0) is 4.79 Å². The normalized spacial score (nSPS) is 11.7. The van der Waals surface area contributed by atoms with E-state index in [9.17, 15) is 4.79 Å². The van der Waals surface area contributed by atoms with Crippen molar-refractivity contribution in [3.8, 4) is 16.9 Å². The van der Waals surface area contributed by atoms with Gasteiger partial charge in [0.25, 0.3) is 0 Å². The van der Waals surface area contributed by atoms with Crippen molar-refractivity contribution in [3.05, 3.63) is 102 Å². The van der Waals surface area contributed by atoms with E-state index in [1.807, 2.05) is 56.3 Å². The summed E-state index contributed by atoms with van der Waals surface area (Å²) in [7, 11) is 1.63. The molecule has 1 N–H and O–H groups in total. The van der Waals surface area contributed by atoms with Crippen molar-refractivity contribution in [1.82, 2.24) is 0 Å². The van der Waals surface area contributed by atoms with Gasteiger partial charge in [-0.05, 0) is 78.1 Å². The largest absolute Gasteiger partial charge is 0.496 e. The summed E-state index contributed by atoms with van der Waals surface area (Å²) in [6.45, 7) is 6.00. The van der Waals surface area contributed by atoms with Crippen molar-refractivity contribution in [2.45, 2.75) is 20.8 Å². The third kappa shape index (κ3) is 4.43. The molecule has 0 saturated heterocycles. The number of furan rings is 1. The topological polar surface area (TPSA) is 51.5 Å². The number of carbonyl (C=O) groups is 1. The zero-order valence-corrected chi connectivity index (χ0v) is 20.3. The Bertz CT molecular complexity index is 1610. The van der Waals surface area contributed by atoms with E-state index in [-0.39, 0.29) is 5.91 Å². The summed E-state index contributed by atoms with van der Waals surface area (Å²) in [5, 5.41) is 6.30. The minimum atomic E-state index is -0.185. The van der Waals surface area contributed by atoms with E-state index in [1.165, 1.54) is 16.3 Å². The summed E-state index contributed by atoms with van der Waals surface area (Å²) >= 11 is 0. The van der Waals surface area contributed by atoms with Crippen LogP contribution in [0.5, 0.6) is 5.75 Å². The molecule has 35 heavy (non-hydrogen) atoms. The number of hydrogen-bond donors (Lipinski definition) is 1. The van der Waals surface area contributed by atoms with Crippen LogP contribution in [0.3, 0.4) is 0 Å². The Balaban J connectivity index is 1.52. The Morgan fingerprint density at radius 1 is 0.914 bits per heavy atom. The molecule has 1 aromatic heterocycles. The molecule has 5 rings (SSSR count). The predicted molar refractivity (Wildman–Crippen MR) is 144 cm³/mol. The minimum absolute atomic E-state index is 0.185. The first-order valence-electron chi connectivity index (χ1n) is 11.6. The molecule has 1 heterocycles. The van der Waals surface area contributed by atoms with E-state index in [4.69, 9.17) is 9.15 Å². The van der Waals surface area contributed by atoms with Crippen LogP contribution in [0.4, 0.5) is 5.69 Å². The lowest BCUT2D eigenvalue weighted by atomic mass is 9.97. The molecule has 0 radical (unpaired) electrons. The Hall–Kier alpha value is -4.31. The Kier molecular flexibility index (Phi) is 5.87. The molecular weight excluding hydrogens is 434 g/mol. The van der Waals surface area contributed by atoms with Crippen molar-refractivity contribution in [2.75, 3.05) is 12.4 Å². The molecule has 5 aromatic rings. The van der Waals surface area contributed by atoms with Crippen LogP contribution in [0.25, 0.3) is 38.4 Å². The molecule has 0 aliphatic carbocycles. The van der Waals surface area contributed by atoms with Crippen LogP contribution < -0.4 is 10.1 Å². The number of aryl methyl sites for hydroxylation is 2. The molecule has 0 bridgehead atoms. The molecular formula is C31H27NO3. The van der Waals surface area contributed by atoms with E-state index in [2.05, 4.69) is 42.6 Å². The second kappa shape index (κ2) is 9.15. The summed E-state index contributed by atoms with van der Waals surface area (Å²) in [5.41, 5.74) is 7.56. The van der Waals surface area contributed by atoms with Gasteiger partial charge in [-0.25, -0.2) is 0 Å². The number of hydrogen-bond acceptors (Lipinski definition) is 3. The van der Waals surface area contributed by atoms with Crippen LogP contribution in [0.1, 0.15) is 23.6 Å². The van der Waals surface area contributed by atoms with Gasteiger partial charge < -0.3 is 14.5 Å². The standard InChI is InChI=1S/C31H27NO3/c1-19-9-12-25(13-20(19)2)32-31(33)14-21(3)26-16-27-28(18-35-30(27)17-29(26)34-4)24-11-10-22-7-5-6-8-23(22)15-24/h5-18H,1-4H3,(H,32,33)/b21-14+. The van der Waals surface area contributed by atoms with Crippen LogP contribution >= 0.6 is 0 Å². The zero-order chi connectivity index (χ0) is 24.5. The lowest BCUT2D eigenvalue weighted by molar-refractivity contribution is -0.111. The van der Waals surface area contributed by atoms with E-state index < -0.39 is 0 Å². The maximum atomic E-state index is 12.8. The van der Waals surface area contributed by atoms with E-state index >= 15 is 0 Å². The van der Waals surface area contributed by atoms with Gasteiger partial charge in [0.15, 0.2) is 0 Å². The number of ether oxygens (including phenoxy) is 1. The molecule has 0 aliphatic rings. The molecule has 4 heteroatoms. The fourth-order valence-electron chi connectivity index (χ4n) is 4.38. The highest BCUT2D eigenvalue weighted by Gasteiger charge is 2.15. The number of benzene rings is 4.